The van der Waals surface area contributed by atoms with Crippen LogP contribution in [-0.2, 0) is 0 Å². The average molecular weight is 223 g/mol. The van der Waals surface area contributed by atoms with E-state index in [0.717, 1.165) is 21.2 Å². The minimum Gasteiger partial charge on any atom is -0.0984 e. The number of hydrogen-bond donors (Lipinski definition) is 0. The van der Waals surface area contributed by atoms with Gasteiger partial charge in [0.2, 0.25) is 0 Å². The SMILES string of the molecule is C=Cc1c(Br)cccc1C(=C)C. The number of hydrogen-bond acceptors (Lipinski definition) is 0. The second kappa shape index (κ2) is 3.72. The molecule has 12 heavy (non-hydrogen) atoms. The molecule has 0 aliphatic heterocycles. The van der Waals surface area contributed by atoms with Crippen LogP contribution in [0.2, 0.25) is 0 Å². The lowest BCUT2D eigenvalue weighted by Gasteiger charge is -2.06. The van der Waals surface area contributed by atoms with Gasteiger partial charge in [-0.2, -0.15) is 0 Å². The van der Waals surface area contributed by atoms with Crippen molar-refractivity contribution in [2.45, 2.75) is 6.92 Å². The standard InChI is InChI=1S/C11H11Br/c1-4-9-10(8(2)3)6-5-7-11(9)12/h4-7H,1-2H2,3H3. The van der Waals surface area contributed by atoms with Crippen LogP contribution in [0.4, 0.5) is 0 Å². The van der Waals surface area contributed by atoms with Crippen molar-refractivity contribution in [1.82, 2.24) is 0 Å². The Morgan fingerprint density at radius 3 is 2.58 bits per heavy atom. The Labute approximate surface area is 81.7 Å². The van der Waals surface area contributed by atoms with Crippen LogP contribution < -0.4 is 0 Å². The van der Waals surface area contributed by atoms with Crippen molar-refractivity contribution in [3.63, 3.8) is 0 Å². The normalized spacial score (nSPS) is 9.50. The molecule has 0 saturated heterocycles. The summed E-state index contributed by atoms with van der Waals surface area (Å²) in [6.07, 6.45) is 1.84. The maximum absolute atomic E-state index is 3.91. The second-order valence-electron chi connectivity index (χ2n) is 2.69. The van der Waals surface area contributed by atoms with E-state index < -0.39 is 0 Å². The van der Waals surface area contributed by atoms with Crippen LogP contribution in [0.3, 0.4) is 0 Å². The Balaban J connectivity index is 3.37. The maximum Gasteiger partial charge on any atom is 0.0253 e. The zero-order valence-corrected chi connectivity index (χ0v) is 8.69. The Bertz CT molecular complexity index is 324. The number of halogens is 1. The predicted octanol–water partition coefficient (Wildman–Crippen LogP) is 4.13. The lowest BCUT2D eigenvalue weighted by Crippen LogP contribution is -1.85. The highest BCUT2D eigenvalue weighted by Gasteiger charge is 2.02. The first kappa shape index (κ1) is 9.27. The van der Waals surface area contributed by atoms with E-state index in [4.69, 9.17) is 0 Å². The molecule has 0 heterocycles. The van der Waals surface area contributed by atoms with Gasteiger partial charge in [0.25, 0.3) is 0 Å². The van der Waals surface area contributed by atoms with E-state index in [1.807, 2.05) is 31.2 Å². The van der Waals surface area contributed by atoms with Crippen molar-refractivity contribution in [3.05, 3.63) is 47.0 Å². The van der Waals surface area contributed by atoms with Crippen molar-refractivity contribution in [3.8, 4) is 0 Å². The fourth-order valence-electron chi connectivity index (χ4n) is 1.12. The molecule has 0 N–H and O–H groups in total. The molecule has 0 aliphatic carbocycles. The van der Waals surface area contributed by atoms with Crippen molar-refractivity contribution >= 4 is 27.6 Å². The molecule has 0 atom stereocenters. The molecule has 0 aromatic heterocycles. The fraction of sp³-hybridized carbons (Fsp3) is 0.0909. The summed E-state index contributed by atoms with van der Waals surface area (Å²) in [4.78, 5) is 0. The highest BCUT2D eigenvalue weighted by molar-refractivity contribution is 9.10. The van der Waals surface area contributed by atoms with E-state index >= 15 is 0 Å². The topological polar surface area (TPSA) is 0 Å². The zero-order chi connectivity index (χ0) is 9.14. The fourth-order valence-corrected chi connectivity index (χ4v) is 1.64. The van der Waals surface area contributed by atoms with Gasteiger partial charge in [-0.1, -0.05) is 52.9 Å². The molecule has 1 heteroatoms. The molecular weight excluding hydrogens is 212 g/mol. The summed E-state index contributed by atoms with van der Waals surface area (Å²) in [5, 5.41) is 0. The smallest absolute Gasteiger partial charge is 0.0253 e. The Kier molecular flexibility index (Phi) is 2.88. The van der Waals surface area contributed by atoms with Crippen LogP contribution in [0.25, 0.3) is 11.6 Å². The molecule has 1 aromatic carbocycles. The molecule has 0 bridgehead atoms. The van der Waals surface area contributed by atoms with Crippen LogP contribution in [0.1, 0.15) is 18.1 Å². The van der Waals surface area contributed by atoms with E-state index in [0.29, 0.717) is 0 Å². The van der Waals surface area contributed by atoms with Crippen molar-refractivity contribution < 1.29 is 0 Å². The van der Waals surface area contributed by atoms with Crippen LogP contribution in [0.15, 0.2) is 35.8 Å². The lowest BCUT2D eigenvalue weighted by atomic mass is 10.0. The van der Waals surface area contributed by atoms with Crippen LogP contribution in [0.5, 0.6) is 0 Å². The van der Waals surface area contributed by atoms with E-state index in [2.05, 4.69) is 29.1 Å². The summed E-state index contributed by atoms with van der Waals surface area (Å²) < 4.78 is 1.07. The molecule has 0 fully saturated rings. The van der Waals surface area contributed by atoms with Crippen LogP contribution in [0, 0.1) is 0 Å². The molecule has 0 aliphatic rings. The summed E-state index contributed by atoms with van der Waals surface area (Å²) in [7, 11) is 0. The third kappa shape index (κ3) is 1.67. The van der Waals surface area contributed by atoms with E-state index in [1.165, 1.54) is 0 Å². The highest BCUT2D eigenvalue weighted by Crippen LogP contribution is 2.25. The minimum atomic E-state index is 1.06. The molecule has 0 amide bonds. The van der Waals surface area contributed by atoms with Gasteiger partial charge in [0.05, 0.1) is 0 Å². The predicted molar refractivity (Wildman–Crippen MR) is 58.9 cm³/mol. The van der Waals surface area contributed by atoms with Crippen molar-refractivity contribution in [2.24, 2.45) is 0 Å². The van der Waals surface area contributed by atoms with E-state index in [1.54, 1.807) is 0 Å². The van der Waals surface area contributed by atoms with Gasteiger partial charge in [0.15, 0.2) is 0 Å². The maximum atomic E-state index is 3.91. The zero-order valence-electron chi connectivity index (χ0n) is 7.10. The van der Waals surface area contributed by atoms with Gasteiger partial charge in [0.1, 0.15) is 0 Å². The van der Waals surface area contributed by atoms with Crippen LogP contribution in [-0.4, -0.2) is 0 Å². The number of benzene rings is 1. The molecule has 0 spiro atoms. The van der Waals surface area contributed by atoms with Gasteiger partial charge in [-0.05, 0) is 24.1 Å². The molecule has 1 aromatic rings. The van der Waals surface area contributed by atoms with Gasteiger partial charge in [-0.15, -0.1) is 0 Å². The third-order valence-corrected chi connectivity index (χ3v) is 2.41. The van der Waals surface area contributed by atoms with Gasteiger partial charge in [0, 0.05) is 4.47 Å². The largest absolute Gasteiger partial charge is 0.0984 e. The first-order valence-corrected chi connectivity index (χ1v) is 4.53. The summed E-state index contributed by atoms with van der Waals surface area (Å²) in [6.45, 7) is 9.67. The van der Waals surface area contributed by atoms with Crippen molar-refractivity contribution in [1.29, 1.82) is 0 Å². The Hall–Kier alpha value is -0.820. The second-order valence-corrected chi connectivity index (χ2v) is 3.54. The minimum absolute atomic E-state index is 1.06. The highest BCUT2D eigenvalue weighted by atomic mass is 79.9. The monoisotopic (exact) mass is 222 g/mol. The molecule has 0 saturated carbocycles. The molecule has 0 nitrogen and oxygen atoms in total. The quantitative estimate of drug-likeness (QED) is 0.707. The lowest BCUT2D eigenvalue weighted by molar-refractivity contribution is 1.51. The Morgan fingerprint density at radius 1 is 1.50 bits per heavy atom. The third-order valence-electron chi connectivity index (χ3n) is 1.72. The Morgan fingerprint density at radius 2 is 2.17 bits per heavy atom. The van der Waals surface area contributed by atoms with Crippen LogP contribution >= 0.6 is 15.9 Å². The molecule has 62 valence electrons. The number of rotatable bonds is 2. The summed E-state index contributed by atoms with van der Waals surface area (Å²) in [5.41, 5.74) is 3.33. The summed E-state index contributed by atoms with van der Waals surface area (Å²) in [5.74, 6) is 0. The summed E-state index contributed by atoms with van der Waals surface area (Å²) >= 11 is 3.46. The average Bonchev–Trinajstić information content (AvgIpc) is 2.03. The number of allylic oxidation sites excluding steroid dienone is 1. The molecule has 1 rings (SSSR count). The van der Waals surface area contributed by atoms with Gasteiger partial charge >= 0.3 is 0 Å². The first-order valence-electron chi connectivity index (χ1n) is 3.73. The van der Waals surface area contributed by atoms with Gasteiger partial charge < -0.3 is 0 Å². The molecule has 0 unspecified atom stereocenters. The van der Waals surface area contributed by atoms with E-state index in [-0.39, 0.29) is 0 Å². The van der Waals surface area contributed by atoms with Crippen molar-refractivity contribution in [2.75, 3.05) is 0 Å². The van der Waals surface area contributed by atoms with E-state index in [9.17, 15) is 0 Å². The first-order chi connectivity index (χ1) is 5.66. The van der Waals surface area contributed by atoms with Gasteiger partial charge in [-0.3, -0.25) is 0 Å². The molecule has 0 radical (unpaired) electrons. The summed E-state index contributed by atoms with van der Waals surface area (Å²) in [6, 6.07) is 6.05. The van der Waals surface area contributed by atoms with Gasteiger partial charge in [-0.25, -0.2) is 0 Å². The molecular formula is C11H11Br.